The summed E-state index contributed by atoms with van der Waals surface area (Å²) < 4.78 is 4.92. The predicted octanol–water partition coefficient (Wildman–Crippen LogP) is 4.31. The SMILES string of the molecule is Cc1cc(NC(=O)CN(C)C(=O)CCc2cc(C(C)(C)C)c(O)c(C(C)(C)C)c2)no1. The number of aromatic hydroxyl groups is 1. The maximum absolute atomic E-state index is 12.6. The van der Waals surface area contributed by atoms with Crippen LogP contribution in [0.5, 0.6) is 5.75 Å². The van der Waals surface area contributed by atoms with Gasteiger partial charge in [-0.3, -0.25) is 9.59 Å². The molecule has 0 radical (unpaired) electrons. The molecule has 0 saturated heterocycles. The van der Waals surface area contributed by atoms with Crippen molar-refractivity contribution in [1.29, 1.82) is 0 Å². The van der Waals surface area contributed by atoms with Gasteiger partial charge in [0.15, 0.2) is 5.82 Å². The summed E-state index contributed by atoms with van der Waals surface area (Å²) in [6, 6.07) is 5.58. The fraction of sp³-hybridized carbons (Fsp3) is 0.542. The normalized spacial score (nSPS) is 12.0. The lowest BCUT2D eigenvalue weighted by atomic mass is 9.78. The van der Waals surface area contributed by atoms with Crippen LogP contribution in [0.25, 0.3) is 0 Å². The number of hydrogen-bond donors (Lipinski definition) is 2. The topological polar surface area (TPSA) is 95.7 Å². The van der Waals surface area contributed by atoms with Gasteiger partial charge in [0.1, 0.15) is 11.5 Å². The van der Waals surface area contributed by atoms with E-state index in [1.165, 1.54) is 4.90 Å². The van der Waals surface area contributed by atoms with Gasteiger partial charge in [-0.2, -0.15) is 0 Å². The first-order valence-corrected chi connectivity index (χ1v) is 10.5. The van der Waals surface area contributed by atoms with E-state index in [-0.39, 0.29) is 35.6 Å². The van der Waals surface area contributed by atoms with Crippen LogP contribution in [0.15, 0.2) is 22.7 Å². The van der Waals surface area contributed by atoms with E-state index >= 15 is 0 Å². The Morgan fingerprint density at radius 3 is 2.06 bits per heavy atom. The Labute approximate surface area is 184 Å². The number of nitrogens with one attached hydrogen (secondary N) is 1. The van der Waals surface area contributed by atoms with Crippen molar-refractivity contribution in [3.63, 3.8) is 0 Å². The summed E-state index contributed by atoms with van der Waals surface area (Å²) in [7, 11) is 1.61. The highest BCUT2D eigenvalue weighted by molar-refractivity contribution is 5.93. The van der Waals surface area contributed by atoms with Gasteiger partial charge in [0.2, 0.25) is 11.8 Å². The molecule has 2 aromatic rings. The zero-order chi connectivity index (χ0) is 23.6. The van der Waals surface area contributed by atoms with Crippen LogP contribution in [0.1, 0.15) is 70.4 Å². The molecular weight excluding hydrogens is 394 g/mol. The minimum absolute atomic E-state index is 0.0686. The van der Waals surface area contributed by atoms with Gasteiger partial charge in [-0.05, 0) is 40.9 Å². The van der Waals surface area contributed by atoms with Gasteiger partial charge in [0.05, 0.1) is 6.54 Å². The predicted molar refractivity (Wildman–Crippen MR) is 121 cm³/mol. The van der Waals surface area contributed by atoms with E-state index in [0.717, 1.165) is 16.7 Å². The number of likely N-dealkylation sites (N-methyl/N-ethyl adjacent to an activating group) is 1. The lowest BCUT2D eigenvalue weighted by Crippen LogP contribution is -2.35. The molecule has 7 heteroatoms. The number of hydrogen-bond acceptors (Lipinski definition) is 5. The maximum atomic E-state index is 12.6. The van der Waals surface area contributed by atoms with Crippen molar-refractivity contribution < 1.29 is 19.2 Å². The first-order chi connectivity index (χ1) is 14.2. The molecule has 2 amide bonds. The third-order valence-electron chi connectivity index (χ3n) is 5.12. The lowest BCUT2D eigenvalue weighted by molar-refractivity contribution is -0.133. The number of amides is 2. The number of carbonyl (C=O) groups excluding carboxylic acids is 2. The number of anilines is 1. The first kappa shape index (κ1) is 24.4. The number of phenolic OH excluding ortho intramolecular Hbond substituents is 1. The van der Waals surface area contributed by atoms with Crippen molar-refractivity contribution in [3.05, 3.63) is 40.6 Å². The number of benzene rings is 1. The van der Waals surface area contributed by atoms with E-state index in [9.17, 15) is 14.7 Å². The van der Waals surface area contributed by atoms with Crippen LogP contribution in [-0.4, -0.2) is 40.6 Å². The average molecular weight is 430 g/mol. The van der Waals surface area contributed by atoms with E-state index in [2.05, 4.69) is 52.0 Å². The van der Waals surface area contributed by atoms with Gasteiger partial charge in [0.25, 0.3) is 0 Å². The second kappa shape index (κ2) is 9.12. The molecule has 0 fully saturated rings. The van der Waals surface area contributed by atoms with Crippen LogP contribution in [0.3, 0.4) is 0 Å². The molecule has 0 bridgehead atoms. The second-order valence-corrected chi connectivity index (χ2v) is 10.2. The van der Waals surface area contributed by atoms with E-state index in [4.69, 9.17) is 4.52 Å². The molecule has 0 spiro atoms. The average Bonchev–Trinajstić information content (AvgIpc) is 3.02. The highest BCUT2D eigenvalue weighted by Crippen LogP contribution is 2.40. The van der Waals surface area contributed by atoms with Gasteiger partial charge in [-0.1, -0.05) is 58.8 Å². The van der Waals surface area contributed by atoms with Crippen molar-refractivity contribution >= 4 is 17.6 Å². The minimum Gasteiger partial charge on any atom is -0.507 e. The summed E-state index contributed by atoms with van der Waals surface area (Å²) in [6.07, 6.45) is 0.796. The van der Waals surface area contributed by atoms with E-state index in [1.54, 1.807) is 20.0 Å². The fourth-order valence-corrected chi connectivity index (χ4v) is 3.34. The quantitative estimate of drug-likeness (QED) is 0.713. The molecular formula is C24H35N3O4. The highest BCUT2D eigenvalue weighted by atomic mass is 16.5. The number of aryl methyl sites for hydroxylation is 2. The molecule has 0 unspecified atom stereocenters. The van der Waals surface area contributed by atoms with Crippen LogP contribution in [0, 0.1) is 6.92 Å². The Bertz CT molecular complexity index is 913. The van der Waals surface area contributed by atoms with Crippen LogP contribution in [-0.2, 0) is 26.8 Å². The van der Waals surface area contributed by atoms with Crippen molar-refractivity contribution in [2.45, 2.75) is 72.1 Å². The number of nitrogens with zero attached hydrogens (tertiary/aromatic N) is 2. The Morgan fingerprint density at radius 2 is 1.61 bits per heavy atom. The largest absolute Gasteiger partial charge is 0.507 e. The molecule has 0 aliphatic carbocycles. The van der Waals surface area contributed by atoms with Gasteiger partial charge in [0, 0.05) is 19.5 Å². The zero-order valence-electron chi connectivity index (χ0n) is 19.9. The Morgan fingerprint density at radius 1 is 1.06 bits per heavy atom. The number of phenols is 1. The Balaban J connectivity index is 2.07. The van der Waals surface area contributed by atoms with Crippen LogP contribution in [0.4, 0.5) is 5.82 Å². The second-order valence-electron chi connectivity index (χ2n) is 10.2. The van der Waals surface area contributed by atoms with E-state index < -0.39 is 0 Å². The van der Waals surface area contributed by atoms with E-state index in [0.29, 0.717) is 23.7 Å². The third kappa shape index (κ3) is 6.57. The van der Waals surface area contributed by atoms with E-state index in [1.807, 2.05) is 12.1 Å². The molecule has 0 saturated carbocycles. The van der Waals surface area contributed by atoms with Gasteiger partial charge in [-0.15, -0.1) is 0 Å². The number of aromatic nitrogens is 1. The zero-order valence-corrected chi connectivity index (χ0v) is 19.9. The van der Waals surface area contributed by atoms with Crippen molar-refractivity contribution in [3.8, 4) is 5.75 Å². The molecule has 7 nitrogen and oxygen atoms in total. The first-order valence-electron chi connectivity index (χ1n) is 10.5. The summed E-state index contributed by atoms with van der Waals surface area (Å²) in [5, 5.41) is 17.2. The summed E-state index contributed by atoms with van der Waals surface area (Å²) >= 11 is 0. The van der Waals surface area contributed by atoms with Gasteiger partial charge < -0.3 is 19.8 Å². The standard InChI is InChI=1S/C24H35N3O4/c1-15-11-19(26-31-15)25-20(28)14-27(8)21(29)10-9-16-12-17(23(2,3)4)22(30)18(13-16)24(5,6)7/h11-13,30H,9-10,14H2,1-8H3,(H,25,26,28). The molecule has 1 aromatic carbocycles. The third-order valence-corrected chi connectivity index (χ3v) is 5.12. The molecule has 0 aliphatic heterocycles. The van der Waals surface area contributed by atoms with Crippen molar-refractivity contribution in [1.82, 2.24) is 10.1 Å². The van der Waals surface area contributed by atoms with Crippen LogP contribution >= 0.6 is 0 Å². The lowest BCUT2D eigenvalue weighted by Gasteiger charge is -2.28. The minimum atomic E-state index is -0.334. The molecule has 1 heterocycles. The fourth-order valence-electron chi connectivity index (χ4n) is 3.34. The van der Waals surface area contributed by atoms with Gasteiger partial charge in [-0.25, -0.2) is 0 Å². The molecule has 170 valence electrons. The highest BCUT2D eigenvalue weighted by Gasteiger charge is 2.26. The molecule has 0 aliphatic rings. The summed E-state index contributed by atoms with van der Waals surface area (Å²) in [5.74, 6) is 0.787. The Kier molecular flexibility index (Phi) is 7.19. The number of carbonyl (C=O) groups is 2. The Hall–Kier alpha value is -2.83. The smallest absolute Gasteiger partial charge is 0.245 e. The van der Waals surface area contributed by atoms with Crippen LogP contribution in [0.2, 0.25) is 0 Å². The maximum Gasteiger partial charge on any atom is 0.245 e. The molecule has 0 atom stereocenters. The molecule has 2 N–H and O–H groups in total. The van der Waals surface area contributed by atoms with Crippen molar-refractivity contribution in [2.24, 2.45) is 0 Å². The van der Waals surface area contributed by atoms with Crippen LogP contribution < -0.4 is 5.32 Å². The molecule has 2 rings (SSSR count). The monoisotopic (exact) mass is 429 g/mol. The summed E-state index contributed by atoms with van der Waals surface area (Å²) in [5.41, 5.74) is 2.30. The van der Waals surface area contributed by atoms with Gasteiger partial charge >= 0.3 is 0 Å². The summed E-state index contributed by atoms with van der Waals surface area (Å²) in [4.78, 5) is 26.1. The number of rotatable bonds is 6. The molecule has 31 heavy (non-hydrogen) atoms. The molecule has 1 aromatic heterocycles. The summed E-state index contributed by atoms with van der Waals surface area (Å²) in [6.45, 7) is 14.0. The van der Waals surface area contributed by atoms with Crippen molar-refractivity contribution in [2.75, 3.05) is 18.9 Å².